The first-order valence-corrected chi connectivity index (χ1v) is 52.8. The molecule has 34 nitrogen and oxygen atoms in total. The number of aliphatic hydroxyl groups excluding tert-OH is 2. The Labute approximate surface area is 816 Å². The average molecular weight is 1990 g/mol. The van der Waals surface area contributed by atoms with Crippen LogP contribution in [0.5, 0.6) is 0 Å². The Balaban J connectivity index is 0.000000189. The highest BCUT2D eigenvalue weighted by atomic mass is 79.9. The van der Waals surface area contributed by atoms with E-state index in [0.717, 1.165) is 106 Å². The molecule has 0 aromatic heterocycles. The number of aliphatic hydroxyl groups is 2. The number of amides is 12. The number of nitrogens with zero attached hydrogens (tertiary/aromatic N) is 4. The van der Waals surface area contributed by atoms with Crippen molar-refractivity contribution < 1.29 is 115 Å². The maximum Gasteiger partial charge on any atom is 0.407 e. The van der Waals surface area contributed by atoms with Crippen molar-refractivity contribution in [3.05, 3.63) is 0 Å². The summed E-state index contributed by atoms with van der Waals surface area (Å²) in [6.45, 7) is 19.7. The molecular formula is C102H159BrN10O24. The lowest BCUT2D eigenvalue weighted by molar-refractivity contribution is -0.159. The molecule has 0 aromatic rings. The van der Waals surface area contributed by atoms with Gasteiger partial charge in [-0.2, -0.15) is 0 Å². The van der Waals surface area contributed by atoms with E-state index in [1.165, 1.54) is 29.1 Å². The van der Waals surface area contributed by atoms with Gasteiger partial charge in [0.2, 0.25) is 59.1 Å². The van der Waals surface area contributed by atoms with Crippen molar-refractivity contribution in [2.24, 2.45) is 124 Å². The van der Waals surface area contributed by atoms with Crippen LogP contribution in [0.25, 0.3) is 0 Å². The number of Topliss-reactive ketones (excluding diaryl/α,β-unsaturated/α-hetero) is 4. The van der Waals surface area contributed by atoms with Gasteiger partial charge in [-0.05, 0) is 259 Å². The van der Waals surface area contributed by atoms with Crippen molar-refractivity contribution in [3.8, 4) is 0 Å². The topological polar surface area (TPSA) is 498 Å². The van der Waals surface area contributed by atoms with Gasteiger partial charge in [-0.3, -0.25) is 96.3 Å². The molecule has 768 valence electrons. The number of nitrogens with two attached hydrogens (primary N) is 2. The monoisotopic (exact) mass is 1990 g/mol. The number of ether oxygens (including phenoxy) is 4. The van der Waals surface area contributed by atoms with Crippen LogP contribution in [-0.2, 0) is 95.7 Å². The number of likely N-dealkylation sites (tertiary alicyclic amines) is 4. The van der Waals surface area contributed by atoms with Crippen LogP contribution in [-0.4, -0.2) is 242 Å². The van der Waals surface area contributed by atoms with Gasteiger partial charge in [0.1, 0.15) is 48.4 Å². The summed E-state index contributed by atoms with van der Waals surface area (Å²) in [4.78, 5) is 230. The number of halogens is 1. The molecule has 10 N–H and O–H groups in total. The molecule has 0 radical (unpaired) electrons. The molecule has 12 amide bonds. The van der Waals surface area contributed by atoms with E-state index < -0.39 is 102 Å². The Morgan fingerprint density at radius 2 is 0.715 bits per heavy atom. The number of ketones is 4. The number of piperidine rings is 4. The number of unbranched alkanes of at least 4 members (excludes halogenated alkanes) is 1. The molecule has 10 saturated carbocycles. The van der Waals surface area contributed by atoms with E-state index in [-0.39, 0.29) is 239 Å². The van der Waals surface area contributed by atoms with Crippen LogP contribution in [0.3, 0.4) is 0 Å². The number of carbonyl (C=O) groups is 18. The minimum Gasteiger partial charge on any atom is -0.465 e. The number of carbonyl (C=O) groups excluding carboxylic acids is 18. The number of esters is 2. The number of hydrogen-bond acceptors (Lipinski definition) is 26. The fourth-order valence-electron chi connectivity index (χ4n) is 25.3. The van der Waals surface area contributed by atoms with Crippen LogP contribution < -0.4 is 32.7 Å². The summed E-state index contributed by atoms with van der Waals surface area (Å²) in [6, 6.07) is 0.785. The Morgan fingerprint density at radius 3 is 1.07 bits per heavy atom. The Bertz CT molecular complexity index is 4140. The summed E-state index contributed by atoms with van der Waals surface area (Å²) in [6.07, 6.45) is 19.6. The minimum atomic E-state index is -0.820. The van der Waals surface area contributed by atoms with Crippen LogP contribution in [0.15, 0.2) is 0 Å². The number of rotatable bonds is 33. The predicted octanol–water partition coefficient (Wildman–Crippen LogP) is 10.3. The van der Waals surface area contributed by atoms with Gasteiger partial charge in [0.25, 0.3) is 0 Å². The van der Waals surface area contributed by atoms with Crippen LogP contribution in [0.4, 0.5) is 9.59 Å². The summed E-state index contributed by atoms with van der Waals surface area (Å²) in [5, 5.41) is 33.9. The first-order chi connectivity index (χ1) is 65.0. The van der Waals surface area contributed by atoms with Gasteiger partial charge in [0, 0.05) is 154 Å². The van der Waals surface area contributed by atoms with E-state index in [1.807, 2.05) is 27.7 Å². The number of nitrogens with one attached hydrogen (secondary N) is 4. The summed E-state index contributed by atoms with van der Waals surface area (Å²) >= 11 is 3.23. The van der Waals surface area contributed by atoms with Gasteiger partial charge >= 0.3 is 24.1 Å². The molecule has 137 heavy (non-hydrogen) atoms. The highest BCUT2D eigenvalue weighted by Gasteiger charge is 2.54. The molecule has 14 aliphatic rings. The third-order valence-electron chi connectivity index (χ3n) is 31.6. The normalized spacial score (nSPS) is 32.2. The molecule has 0 aromatic carbocycles. The molecule has 4 heterocycles. The van der Waals surface area contributed by atoms with Crippen LogP contribution in [0.2, 0.25) is 0 Å². The van der Waals surface area contributed by atoms with Crippen molar-refractivity contribution in [1.29, 1.82) is 0 Å². The lowest BCUT2D eigenvalue weighted by Gasteiger charge is -2.56. The second kappa shape index (κ2) is 52.1. The molecule has 10 aliphatic carbocycles. The Kier molecular flexibility index (Phi) is 42.2. The Morgan fingerprint density at radius 1 is 0.401 bits per heavy atom. The van der Waals surface area contributed by atoms with Gasteiger partial charge < -0.3 is 61.9 Å². The number of alkyl halides is 1. The van der Waals surface area contributed by atoms with Crippen molar-refractivity contribution >= 4 is 122 Å². The zero-order valence-electron chi connectivity index (χ0n) is 82.8. The molecule has 16 atom stereocenters. The lowest BCUT2D eigenvalue weighted by Crippen LogP contribution is -2.60. The van der Waals surface area contributed by atoms with Crippen LogP contribution in [0, 0.1) is 112 Å². The van der Waals surface area contributed by atoms with Crippen molar-refractivity contribution in [2.75, 3.05) is 51.3 Å². The van der Waals surface area contributed by atoms with E-state index in [9.17, 15) is 96.5 Å². The van der Waals surface area contributed by atoms with Crippen molar-refractivity contribution in [1.82, 2.24) is 40.9 Å². The fraction of sp³-hybridized carbons (Fsp3) is 0.824. The van der Waals surface area contributed by atoms with Crippen molar-refractivity contribution in [3.63, 3.8) is 0 Å². The fourth-order valence-corrected chi connectivity index (χ4v) is 25.5. The predicted molar refractivity (Wildman–Crippen MR) is 507 cm³/mol. The van der Waals surface area contributed by atoms with E-state index in [4.69, 9.17) is 30.4 Å². The SMILES string of the molecule is CC1C[C@H](C)CC([C@H](O)CC2CC(=O)N(CCC(=O)NC3CCC(N)CC3)C(=O)C2)C1=O.CC1C[C@H](C)CC([C@H](O)CC2CC(=O)N(CCCCC(=O)NC3CCC(N)CC3)C(=O)C2)C1=O.CCOC(=O)CN1C(=O)CC(C[C@@H](OC(=O)NC23CC4CC(CC(C4)C2)C3)C2C[C@@H](C)CC(C)C2=O)CC1=O.CCOC(=O)CN1C(=O)CC(C[C@@H](OC(=O)NCCBr)C2C[C@@H](C)CC(C)C2=O)CC1=O. The standard InChI is InChI=1S/C30H44N2O7.C26H43N3O5.C24H39N3O5.C22H33BrN2O7/c1-4-38-27(35)16-32-25(33)11-19(12-26(32)34)10-24(23-6-17(2)5-18(3)28(23)36)39-29(37)31-30-13-20-7-21(14-30)9-22(8-20)15-30;1-16-11-17(2)26(34)21(12-16)22(30)13-18-14-24(32)29(25(33)15-18)10-4-3-5-23(31)28-20-8-6-19(27)7-9-20;1-14-9-15(2)24(32)19(10-14)20(28)11-16-12-22(30)27(23(31)13-16)8-7-21(29)26-18-5-3-17(25)4-6-18;1-4-31-20(28)12-25-18(26)10-15(11-19(25)27)9-17(32-22(30)24-6-5-23)16-8-13(2)7-14(3)21(16)29/h17-24H,4-16H2,1-3H3,(H,31,37);16-22,30H,3-15,27H2,1-2H3,(H,28,31);14-20,28H,3-13,25H2,1-2H3,(H,26,29);13-17H,4-12H2,1-3H3,(H,24,30)/t17-,18?,20?,21?,22?,23?,24+,30?;16-,17?,19?,20?,21?,22+;14-,15?,17?,18?,19?,20+;13-,14?,16?,17+/m0000/s1. The quantitative estimate of drug-likeness (QED) is 0.00995. The van der Waals surface area contributed by atoms with E-state index in [0.29, 0.717) is 111 Å². The maximum absolute atomic E-state index is 13.4. The van der Waals surface area contributed by atoms with E-state index in [1.54, 1.807) is 13.8 Å². The molecule has 0 spiro atoms. The van der Waals surface area contributed by atoms with Crippen LogP contribution >= 0.6 is 15.9 Å². The molecule has 14 fully saturated rings. The van der Waals surface area contributed by atoms with E-state index in [2.05, 4.69) is 64.9 Å². The number of alkyl carbamates (subject to hydrolysis) is 2. The molecule has 4 aliphatic heterocycles. The zero-order chi connectivity index (χ0) is 100.0. The zero-order valence-corrected chi connectivity index (χ0v) is 84.4. The molecule has 4 saturated heterocycles. The van der Waals surface area contributed by atoms with Gasteiger partial charge in [-0.1, -0.05) is 71.3 Å². The maximum atomic E-state index is 13.4. The highest BCUT2D eigenvalue weighted by molar-refractivity contribution is 9.09. The lowest BCUT2D eigenvalue weighted by atomic mass is 9.53. The molecule has 8 unspecified atom stereocenters. The van der Waals surface area contributed by atoms with Gasteiger partial charge in [0.05, 0.1) is 37.3 Å². The molecule has 14 rings (SSSR count). The summed E-state index contributed by atoms with van der Waals surface area (Å²) < 4.78 is 21.5. The summed E-state index contributed by atoms with van der Waals surface area (Å²) in [5.41, 5.74) is 11.6. The third-order valence-corrected chi connectivity index (χ3v) is 32.0. The average Bonchev–Trinajstić information content (AvgIpc) is 0.745. The van der Waals surface area contributed by atoms with Crippen LogP contribution in [0.1, 0.15) is 313 Å². The van der Waals surface area contributed by atoms with Gasteiger partial charge in [0.15, 0.2) is 0 Å². The van der Waals surface area contributed by atoms with E-state index >= 15 is 0 Å². The Hall–Kier alpha value is -8.02. The minimum absolute atomic E-state index is 0.0201. The first kappa shape index (κ1) is 111. The second-order valence-electron chi connectivity index (χ2n) is 43.7. The number of hydrogen-bond donors (Lipinski definition) is 8. The summed E-state index contributed by atoms with van der Waals surface area (Å²) in [7, 11) is 0. The van der Waals surface area contributed by atoms with Gasteiger partial charge in [-0.15, -0.1) is 0 Å². The first-order valence-electron chi connectivity index (χ1n) is 51.7. The van der Waals surface area contributed by atoms with Crippen molar-refractivity contribution in [2.45, 2.75) is 367 Å². The number of imide groups is 4. The largest absolute Gasteiger partial charge is 0.465 e. The third kappa shape index (κ3) is 32.5. The molecule has 4 bridgehead atoms. The van der Waals surface area contributed by atoms with Gasteiger partial charge in [-0.25, -0.2) is 9.59 Å². The molecule has 35 heteroatoms. The molecular weight excluding hydrogens is 1830 g/mol. The second-order valence-corrected chi connectivity index (χ2v) is 44.5. The smallest absolute Gasteiger partial charge is 0.407 e. The highest BCUT2D eigenvalue weighted by Crippen LogP contribution is 2.56. The summed E-state index contributed by atoms with van der Waals surface area (Å²) in [5.74, 6) is -3.71.